The molecular formula is C18H29N3O2. The van der Waals surface area contributed by atoms with Gasteiger partial charge in [0.15, 0.2) is 5.96 Å². The number of nitrogens with zero attached hydrogens (tertiary/aromatic N) is 2. The number of rotatable bonds is 9. The summed E-state index contributed by atoms with van der Waals surface area (Å²) in [6, 6.07) is 5.36. The van der Waals surface area contributed by atoms with Gasteiger partial charge in [0.1, 0.15) is 11.5 Å². The first-order valence-electron chi connectivity index (χ1n) is 8.08. The van der Waals surface area contributed by atoms with Crippen LogP contribution < -0.4 is 10.1 Å². The van der Waals surface area contributed by atoms with E-state index in [9.17, 15) is 5.11 Å². The highest BCUT2D eigenvalue weighted by Gasteiger charge is 2.06. The van der Waals surface area contributed by atoms with Crippen molar-refractivity contribution < 1.29 is 9.84 Å². The standard InChI is InChI=1S/C18H29N3O2/c1-5-7-8-13-21(3)18(19-6-2)20-12-11-15-9-10-16(23-4)14-17(15)22/h5,9-10,14,22H,1,6-8,11-13H2,2-4H3,(H,19,20). The lowest BCUT2D eigenvalue weighted by Gasteiger charge is -2.21. The molecule has 0 amide bonds. The smallest absolute Gasteiger partial charge is 0.193 e. The molecule has 0 aliphatic rings. The Labute approximate surface area is 139 Å². The van der Waals surface area contributed by atoms with Crippen LogP contribution in [0.3, 0.4) is 0 Å². The van der Waals surface area contributed by atoms with Crippen molar-refractivity contribution >= 4 is 5.96 Å². The fourth-order valence-corrected chi connectivity index (χ4v) is 2.21. The minimum atomic E-state index is 0.254. The van der Waals surface area contributed by atoms with Crippen molar-refractivity contribution in [3.63, 3.8) is 0 Å². The second kappa shape index (κ2) is 10.5. The molecule has 0 unspecified atom stereocenters. The minimum Gasteiger partial charge on any atom is -0.508 e. The molecule has 0 spiro atoms. The van der Waals surface area contributed by atoms with Crippen molar-refractivity contribution in [1.82, 2.24) is 10.2 Å². The van der Waals surface area contributed by atoms with E-state index in [1.54, 1.807) is 13.2 Å². The van der Waals surface area contributed by atoms with Crippen molar-refractivity contribution in [2.24, 2.45) is 4.99 Å². The highest BCUT2D eigenvalue weighted by molar-refractivity contribution is 5.79. The number of phenolic OH excluding ortho intramolecular Hbond substituents is 1. The molecule has 0 heterocycles. The molecule has 2 N–H and O–H groups in total. The maximum atomic E-state index is 9.98. The van der Waals surface area contributed by atoms with Gasteiger partial charge in [0, 0.05) is 32.7 Å². The van der Waals surface area contributed by atoms with Crippen molar-refractivity contribution in [1.29, 1.82) is 0 Å². The van der Waals surface area contributed by atoms with Gasteiger partial charge in [-0.2, -0.15) is 0 Å². The minimum absolute atomic E-state index is 0.254. The first-order chi connectivity index (χ1) is 11.1. The van der Waals surface area contributed by atoms with E-state index in [4.69, 9.17) is 4.74 Å². The number of hydrogen-bond donors (Lipinski definition) is 2. The van der Waals surface area contributed by atoms with Gasteiger partial charge in [-0.1, -0.05) is 12.1 Å². The van der Waals surface area contributed by atoms with Gasteiger partial charge in [0.25, 0.3) is 0 Å². The number of unbranched alkanes of at least 4 members (excludes halogenated alkanes) is 1. The molecule has 0 radical (unpaired) electrons. The zero-order chi connectivity index (χ0) is 17.1. The first-order valence-corrected chi connectivity index (χ1v) is 8.08. The molecule has 0 fully saturated rings. The predicted octanol–water partition coefficient (Wildman–Crippen LogP) is 2.81. The Hall–Kier alpha value is -2.17. The number of ether oxygens (including phenoxy) is 1. The Kier molecular flexibility index (Phi) is 8.65. The van der Waals surface area contributed by atoms with E-state index in [1.807, 2.05) is 25.3 Å². The molecule has 0 aliphatic carbocycles. The predicted molar refractivity (Wildman–Crippen MR) is 96.4 cm³/mol. The van der Waals surface area contributed by atoms with Gasteiger partial charge in [-0.3, -0.25) is 4.99 Å². The number of benzene rings is 1. The number of phenols is 1. The average molecular weight is 319 g/mol. The third-order valence-electron chi connectivity index (χ3n) is 3.53. The zero-order valence-corrected chi connectivity index (χ0v) is 14.5. The number of methoxy groups -OCH3 is 1. The first kappa shape index (κ1) is 18.9. The second-order valence-corrected chi connectivity index (χ2v) is 5.33. The SMILES string of the molecule is C=CCCCN(C)C(=NCCc1ccc(OC)cc1O)NCC. The van der Waals surface area contributed by atoms with Gasteiger partial charge in [0.2, 0.25) is 0 Å². The van der Waals surface area contributed by atoms with Crippen molar-refractivity contribution in [3.05, 3.63) is 36.4 Å². The maximum absolute atomic E-state index is 9.98. The van der Waals surface area contributed by atoms with Crippen molar-refractivity contribution in [2.45, 2.75) is 26.2 Å². The summed E-state index contributed by atoms with van der Waals surface area (Å²) in [5.74, 6) is 1.80. The molecule has 1 aromatic rings. The van der Waals surface area contributed by atoms with Gasteiger partial charge < -0.3 is 20.1 Å². The molecule has 0 aliphatic heterocycles. The van der Waals surface area contributed by atoms with Crippen LogP contribution in [0.4, 0.5) is 0 Å². The lowest BCUT2D eigenvalue weighted by atomic mass is 10.1. The summed E-state index contributed by atoms with van der Waals surface area (Å²) in [5, 5.41) is 13.3. The molecule has 1 aromatic carbocycles. The summed E-state index contributed by atoms with van der Waals surface area (Å²) in [7, 11) is 3.62. The van der Waals surface area contributed by atoms with Crippen LogP contribution >= 0.6 is 0 Å². The zero-order valence-electron chi connectivity index (χ0n) is 14.5. The Bertz CT molecular complexity index is 515. The number of nitrogens with one attached hydrogen (secondary N) is 1. The molecular weight excluding hydrogens is 290 g/mol. The molecule has 0 aromatic heterocycles. The molecule has 5 nitrogen and oxygen atoms in total. The van der Waals surface area contributed by atoms with Crippen LogP contribution in [-0.4, -0.2) is 49.8 Å². The Morgan fingerprint density at radius 2 is 2.26 bits per heavy atom. The van der Waals surface area contributed by atoms with Crippen LogP contribution in [0, 0.1) is 0 Å². The molecule has 0 atom stereocenters. The highest BCUT2D eigenvalue weighted by atomic mass is 16.5. The van der Waals surface area contributed by atoms with Crippen LogP contribution in [-0.2, 0) is 6.42 Å². The Morgan fingerprint density at radius 1 is 1.48 bits per heavy atom. The van der Waals surface area contributed by atoms with Crippen LogP contribution in [0.1, 0.15) is 25.3 Å². The van der Waals surface area contributed by atoms with Gasteiger partial charge >= 0.3 is 0 Å². The Balaban J connectivity index is 2.61. The summed E-state index contributed by atoms with van der Waals surface area (Å²) in [6.07, 6.45) is 4.68. The number of guanidine groups is 1. The number of hydrogen-bond acceptors (Lipinski definition) is 3. The van der Waals surface area contributed by atoms with Crippen LogP contribution in [0.15, 0.2) is 35.8 Å². The van der Waals surface area contributed by atoms with E-state index in [-0.39, 0.29) is 5.75 Å². The maximum Gasteiger partial charge on any atom is 0.193 e. The quantitative estimate of drug-likeness (QED) is 0.318. The molecule has 0 saturated heterocycles. The molecule has 128 valence electrons. The van der Waals surface area contributed by atoms with Gasteiger partial charge in [-0.05, 0) is 37.8 Å². The van der Waals surface area contributed by atoms with Gasteiger partial charge in [-0.25, -0.2) is 0 Å². The molecule has 5 heteroatoms. The lowest BCUT2D eigenvalue weighted by molar-refractivity contribution is 0.406. The van der Waals surface area contributed by atoms with Crippen LogP contribution in [0.5, 0.6) is 11.5 Å². The van der Waals surface area contributed by atoms with Gasteiger partial charge in [0.05, 0.1) is 7.11 Å². The number of aromatic hydroxyl groups is 1. The summed E-state index contributed by atoms with van der Waals surface area (Å²) in [5.41, 5.74) is 0.875. The monoisotopic (exact) mass is 319 g/mol. The molecule has 0 saturated carbocycles. The molecule has 1 rings (SSSR count). The fraction of sp³-hybridized carbons (Fsp3) is 0.500. The van der Waals surface area contributed by atoms with E-state index in [0.29, 0.717) is 18.7 Å². The third kappa shape index (κ3) is 6.63. The largest absolute Gasteiger partial charge is 0.508 e. The lowest BCUT2D eigenvalue weighted by Crippen LogP contribution is -2.39. The van der Waals surface area contributed by atoms with E-state index in [2.05, 4.69) is 28.7 Å². The van der Waals surface area contributed by atoms with Gasteiger partial charge in [-0.15, -0.1) is 6.58 Å². The number of aliphatic imine (C=N–C) groups is 1. The average Bonchev–Trinajstić information content (AvgIpc) is 2.55. The van der Waals surface area contributed by atoms with Crippen LogP contribution in [0.2, 0.25) is 0 Å². The molecule has 0 bridgehead atoms. The summed E-state index contributed by atoms with van der Waals surface area (Å²) < 4.78 is 5.09. The van der Waals surface area contributed by atoms with Crippen molar-refractivity contribution in [3.8, 4) is 11.5 Å². The fourth-order valence-electron chi connectivity index (χ4n) is 2.21. The van der Waals surface area contributed by atoms with Crippen molar-refractivity contribution in [2.75, 3.05) is 33.8 Å². The van der Waals surface area contributed by atoms with E-state index < -0.39 is 0 Å². The summed E-state index contributed by atoms with van der Waals surface area (Å²) >= 11 is 0. The van der Waals surface area contributed by atoms with E-state index in [0.717, 1.165) is 37.5 Å². The molecule has 23 heavy (non-hydrogen) atoms. The highest BCUT2D eigenvalue weighted by Crippen LogP contribution is 2.23. The topological polar surface area (TPSA) is 57.1 Å². The third-order valence-corrected chi connectivity index (χ3v) is 3.53. The summed E-state index contributed by atoms with van der Waals surface area (Å²) in [4.78, 5) is 6.76. The second-order valence-electron chi connectivity index (χ2n) is 5.33. The van der Waals surface area contributed by atoms with E-state index >= 15 is 0 Å². The number of allylic oxidation sites excluding steroid dienone is 1. The van der Waals surface area contributed by atoms with E-state index in [1.165, 1.54) is 0 Å². The summed E-state index contributed by atoms with van der Waals surface area (Å²) in [6.45, 7) is 8.19. The Morgan fingerprint density at radius 3 is 2.87 bits per heavy atom. The van der Waals surface area contributed by atoms with Crippen LogP contribution in [0.25, 0.3) is 0 Å². The normalized spacial score (nSPS) is 11.2.